The Morgan fingerprint density at radius 3 is 1.03 bits per heavy atom. The molecular weight excluding hydrogens is 985 g/mol. The molecule has 6 rings (SSSR count). The number of phenols is 8. The van der Waals surface area contributed by atoms with Crippen LogP contribution in [0.4, 0.5) is 0 Å². The fourth-order valence-corrected chi connectivity index (χ4v) is 7.40. The Balaban J connectivity index is 0.000000274. The van der Waals surface area contributed by atoms with Crippen LogP contribution in [0.2, 0.25) is 0 Å². The van der Waals surface area contributed by atoms with Crippen LogP contribution in [-0.2, 0) is 47.7 Å². The number of hydrogen-bond donors (Lipinski definition) is 14. The van der Waals surface area contributed by atoms with Crippen LogP contribution < -0.4 is 0 Å². The maximum absolute atomic E-state index is 12.4. The Labute approximate surface area is 417 Å². The summed E-state index contributed by atoms with van der Waals surface area (Å²) in [7, 11) is 0. The van der Waals surface area contributed by atoms with E-state index < -0.39 is 132 Å². The highest BCUT2D eigenvalue weighted by atomic mass is 16.6. The predicted molar refractivity (Wildman–Crippen MR) is 250 cm³/mol. The van der Waals surface area contributed by atoms with Gasteiger partial charge in [0.1, 0.15) is 12.2 Å². The van der Waals surface area contributed by atoms with Crippen molar-refractivity contribution in [3.63, 3.8) is 0 Å². The summed E-state index contributed by atoms with van der Waals surface area (Å²) < 4.78 is 20.4. The maximum Gasteiger partial charge on any atom is 0.348 e. The first kappa shape index (κ1) is 55.8. The van der Waals surface area contributed by atoms with E-state index in [1.165, 1.54) is 85.0 Å². The molecule has 74 heavy (non-hydrogen) atoms. The lowest BCUT2D eigenvalue weighted by molar-refractivity contribution is -0.207. The number of carbonyl (C=O) groups excluding carboxylic acids is 4. The zero-order valence-corrected chi connectivity index (χ0v) is 38.2. The van der Waals surface area contributed by atoms with Gasteiger partial charge < -0.3 is 90.4 Å². The van der Waals surface area contributed by atoms with Gasteiger partial charge in [0.2, 0.25) is 11.2 Å². The second-order valence-electron chi connectivity index (χ2n) is 16.7. The lowest BCUT2D eigenvalue weighted by atomic mass is 9.79. The third-order valence-corrected chi connectivity index (χ3v) is 11.2. The highest BCUT2D eigenvalue weighted by molar-refractivity contribution is 5.92. The fourth-order valence-electron chi connectivity index (χ4n) is 7.40. The molecule has 24 nitrogen and oxygen atoms in total. The van der Waals surface area contributed by atoms with Gasteiger partial charge in [0.25, 0.3) is 0 Å². The summed E-state index contributed by atoms with van der Waals surface area (Å²) in [6, 6.07) is 14.9. The number of hydrogen-bond acceptors (Lipinski definition) is 22. The summed E-state index contributed by atoms with van der Waals surface area (Å²) >= 11 is 0. The average Bonchev–Trinajstić information content (AvgIpc) is 3.33. The summed E-state index contributed by atoms with van der Waals surface area (Å²) in [5, 5.41) is 136. The first-order valence-electron chi connectivity index (χ1n) is 21.7. The summed E-state index contributed by atoms with van der Waals surface area (Å²) in [5.74, 6) is -10.7. The van der Waals surface area contributed by atoms with E-state index >= 15 is 0 Å². The molecule has 6 atom stereocenters. The zero-order chi connectivity index (χ0) is 54.7. The van der Waals surface area contributed by atoms with E-state index in [9.17, 15) is 100 Å². The van der Waals surface area contributed by atoms with Gasteiger partial charge in [-0.2, -0.15) is 0 Å². The Morgan fingerprint density at radius 2 is 0.703 bits per heavy atom. The van der Waals surface area contributed by atoms with Crippen LogP contribution in [0, 0.1) is 0 Å². The molecule has 0 radical (unpaired) electrons. The van der Waals surface area contributed by atoms with Crippen LogP contribution in [0.25, 0.3) is 24.3 Å². The summed E-state index contributed by atoms with van der Waals surface area (Å²) in [6.07, 6.45) is -4.16. The minimum absolute atomic E-state index is 0.288. The largest absolute Gasteiger partial charge is 0.504 e. The molecule has 0 saturated heterocycles. The van der Waals surface area contributed by atoms with Crippen LogP contribution in [0.5, 0.6) is 46.0 Å². The van der Waals surface area contributed by atoms with Gasteiger partial charge >= 0.3 is 35.8 Å². The predicted octanol–water partition coefficient (Wildman–Crippen LogP) is 2.06. The van der Waals surface area contributed by atoms with Crippen molar-refractivity contribution in [3.8, 4) is 46.0 Å². The molecule has 2 fully saturated rings. The zero-order valence-electron chi connectivity index (χ0n) is 38.2. The molecule has 24 heteroatoms. The number of aliphatic carboxylic acids is 2. The molecule has 0 heterocycles. The first-order chi connectivity index (χ1) is 34.8. The second kappa shape index (κ2) is 23.9. The Kier molecular flexibility index (Phi) is 18.0. The van der Waals surface area contributed by atoms with Gasteiger partial charge in [-0.25, -0.2) is 28.8 Å². The number of aliphatic hydroxyl groups excluding tert-OH is 4. The van der Waals surface area contributed by atoms with Crippen molar-refractivity contribution in [2.45, 2.75) is 73.5 Å². The van der Waals surface area contributed by atoms with Crippen molar-refractivity contribution < 1.29 is 119 Å². The third kappa shape index (κ3) is 14.5. The minimum atomic E-state index is -2.34. The minimum Gasteiger partial charge on any atom is -0.504 e. The van der Waals surface area contributed by atoms with E-state index in [1.54, 1.807) is 0 Å². The number of carbonyl (C=O) groups is 6. The van der Waals surface area contributed by atoms with Crippen molar-refractivity contribution in [2.24, 2.45) is 0 Å². The van der Waals surface area contributed by atoms with E-state index in [4.69, 9.17) is 18.9 Å². The third-order valence-electron chi connectivity index (χ3n) is 11.2. The molecule has 0 aliphatic heterocycles. The highest BCUT2D eigenvalue weighted by Gasteiger charge is 2.55. The smallest absolute Gasteiger partial charge is 0.348 e. The SMILES string of the molecule is O=C(/C=C/c1ccc(O)c(O)c1)OC1[C@H](O)CC(OC(=O)/C=C/c2ccc(O)c(O)c2)(C(=O)O)C[C@H]1O.O=C(/C=C/c1ccc(O)c(O)c1)O[C@@H]1C[C@@](OC(=O)/C=C/c2ccc(O)c(O)c2)(C(=O)O)C[C@@H](O)[C@@H]1O. The molecule has 0 bridgehead atoms. The summed E-state index contributed by atoms with van der Waals surface area (Å²) in [5.41, 5.74) is -3.42. The normalized spacial score (nSPS) is 23.7. The number of aromatic hydroxyl groups is 8. The van der Waals surface area contributed by atoms with E-state index in [-0.39, 0.29) is 28.6 Å². The van der Waals surface area contributed by atoms with Crippen molar-refractivity contribution in [2.75, 3.05) is 0 Å². The quantitative estimate of drug-likeness (QED) is 0.0372. The Bertz CT molecular complexity index is 2870. The standard InChI is InChI=1S/2C25H24O12/c26-15-5-1-13(9-17(15)28)3-7-21(31)36-20-12-25(24(34)35,11-19(30)23(20)33)37-22(32)8-4-14-2-6-16(27)18(29)10-14;26-15-5-1-13(9-17(15)28)3-7-21(32)36-23-19(30)11-25(24(34)35,12-20(23)31)37-22(33)8-4-14-2-6-16(27)18(29)10-14/h1-10,19-20,23,26-30,33H,11-12H2,(H,34,35);1-10,19-20,23,26-31H,11-12H2,(H,34,35)/b2*7-3+,8-4+/t19-,20-,23+,25-;19-,20-,23?,25?/m11/s1. The molecule has 0 aromatic heterocycles. The van der Waals surface area contributed by atoms with Gasteiger partial charge in [0, 0.05) is 50.0 Å². The Hall–Kier alpha value is -9.10. The molecular formula is C50H48O24. The molecule has 0 spiro atoms. The van der Waals surface area contributed by atoms with Gasteiger partial charge in [-0.3, -0.25) is 0 Å². The second-order valence-corrected chi connectivity index (χ2v) is 16.7. The van der Waals surface area contributed by atoms with Crippen LogP contribution >= 0.6 is 0 Å². The average molecular weight is 1030 g/mol. The maximum atomic E-state index is 12.4. The van der Waals surface area contributed by atoms with Crippen molar-refractivity contribution in [3.05, 3.63) is 119 Å². The van der Waals surface area contributed by atoms with Crippen LogP contribution in [0.3, 0.4) is 0 Å². The van der Waals surface area contributed by atoms with E-state index in [1.807, 2.05) is 0 Å². The van der Waals surface area contributed by atoms with Crippen LogP contribution in [0.15, 0.2) is 97.1 Å². The number of carboxylic acid groups (broad SMARTS) is 2. The molecule has 4 aromatic rings. The molecule has 392 valence electrons. The number of carboxylic acids is 2. The molecule has 2 aliphatic carbocycles. The highest BCUT2D eigenvalue weighted by Crippen LogP contribution is 2.37. The number of esters is 4. The lowest BCUT2D eigenvalue weighted by Crippen LogP contribution is -2.58. The summed E-state index contributed by atoms with van der Waals surface area (Å²) in [4.78, 5) is 73.2. The van der Waals surface area contributed by atoms with Gasteiger partial charge in [0.05, 0.1) is 18.3 Å². The van der Waals surface area contributed by atoms with Crippen LogP contribution in [-0.4, -0.2) is 155 Å². The summed E-state index contributed by atoms with van der Waals surface area (Å²) in [6.45, 7) is 0. The topological polar surface area (TPSA) is 423 Å². The molecule has 4 aromatic carbocycles. The number of benzene rings is 4. The van der Waals surface area contributed by atoms with Crippen molar-refractivity contribution in [1.82, 2.24) is 0 Å². The van der Waals surface area contributed by atoms with Crippen molar-refractivity contribution in [1.29, 1.82) is 0 Å². The van der Waals surface area contributed by atoms with Gasteiger partial charge in [-0.05, 0) is 95.1 Å². The molecule has 2 aliphatic rings. The van der Waals surface area contributed by atoms with E-state index in [0.717, 1.165) is 36.4 Å². The van der Waals surface area contributed by atoms with E-state index in [0.29, 0.717) is 16.7 Å². The molecule has 0 unspecified atom stereocenters. The van der Waals surface area contributed by atoms with Crippen molar-refractivity contribution >= 4 is 60.1 Å². The number of rotatable bonds is 14. The molecule has 14 N–H and O–H groups in total. The first-order valence-corrected chi connectivity index (χ1v) is 21.7. The fraction of sp³-hybridized carbons (Fsp3) is 0.240. The number of phenolic OH excluding ortho intramolecular Hbond substituents is 8. The number of ether oxygens (including phenoxy) is 4. The van der Waals surface area contributed by atoms with Gasteiger partial charge in [-0.1, -0.05) is 24.3 Å². The van der Waals surface area contributed by atoms with E-state index in [2.05, 4.69) is 0 Å². The molecule has 2 saturated carbocycles. The van der Waals surface area contributed by atoms with Gasteiger partial charge in [-0.15, -0.1) is 0 Å². The Morgan fingerprint density at radius 1 is 0.405 bits per heavy atom. The lowest BCUT2D eigenvalue weighted by Gasteiger charge is -2.41. The van der Waals surface area contributed by atoms with Gasteiger partial charge in [0.15, 0.2) is 52.1 Å². The number of aliphatic hydroxyl groups is 4. The van der Waals surface area contributed by atoms with Crippen LogP contribution in [0.1, 0.15) is 47.9 Å². The monoisotopic (exact) mass is 1030 g/mol. The molecule has 0 amide bonds.